The molecule has 0 atom stereocenters. The highest BCUT2D eigenvalue weighted by Gasteiger charge is 2.11. The number of aryl methyl sites for hydroxylation is 1. The van der Waals surface area contributed by atoms with E-state index in [2.05, 4.69) is 22.9 Å². The largest absolute Gasteiger partial charge is 0.294 e. The summed E-state index contributed by atoms with van der Waals surface area (Å²) in [7, 11) is 0. The van der Waals surface area contributed by atoms with Gasteiger partial charge in [0.15, 0.2) is 5.78 Å². The summed E-state index contributed by atoms with van der Waals surface area (Å²) in [5, 5.41) is 0. The highest BCUT2D eigenvalue weighted by Crippen LogP contribution is 2.20. The third-order valence-electron chi connectivity index (χ3n) is 2.24. The van der Waals surface area contributed by atoms with Crippen LogP contribution in [-0.2, 0) is 6.42 Å². The molecule has 0 fully saturated rings. The van der Waals surface area contributed by atoms with Gasteiger partial charge in [-0.2, -0.15) is 0 Å². The standard InChI is InChI=1S/C12H15BrO/c1-4-9-7-10(5-6-11(9)13)12(14)8(2)3/h5-8H,4H2,1-3H3. The maximum absolute atomic E-state index is 11.7. The topological polar surface area (TPSA) is 17.1 Å². The second-order valence-electron chi connectivity index (χ2n) is 3.68. The molecule has 0 aromatic heterocycles. The Labute approximate surface area is 93.7 Å². The van der Waals surface area contributed by atoms with Gasteiger partial charge in [-0.1, -0.05) is 42.8 Å². The lowest BCUT2D eigenvalue weighted by atomic mass is 9.99. The van der Waals surface area contributed by atoms with E-state index in [1.54, 1.807) is 0 Å². The van der Waals surface area contributed by atoms with Gasteiger partial charge < -0.3 is 0 Å². The van der Waals surface area contributed by atoms with Crippen LogP contribution < -0.4 is 0 Å². The average Bonchev–Trinajstić information content (AvgIpc) is 2.17. The van der Waals surface area contributed by atoms with Crippen molar-refractivity contribution >= 4 is 21.7 Å². The number of hydrogen-bond acceptors (Lipinski definition) is 1. The van der Waals surface area contributed by atoms with Crippen molar-refractivity contribution < 1.29 is 4.79 Å². The van der Waals surface area contributed by atoms with Gasteiger partial charge in [0.25, 0.3) is 0 Å². The first-order valence-corrected chi connectivity index (χ1v) is 5.68. The predicted octanol–water partition coefficient (Wildman–Crippen LogP) is 3.85. The van der Waals surface area contributed by atoms with E-state index >= 15 is 0 Å². The Morgan fingerprint density at radius 1 is 1.43 bits per heavy atom. The van der Waals surface area contributed by atoms with E-state index in [0.717, 1.165) is 16.5 Å². The maximum atomic E-state index is 11.7. The normalized spacial score (nSPS) is 10.6. The summed E-state index contributed by atoms with van der Waals surface area (Å²) in [6.45, 7) is 5.94. The third kappa shape index (κ3) is 2.44. The van der Waals surface area contributed by atoms with Gasteiger partial charge in [0, 0.05) is 16.0 Å². The lowest BCUT2D eigenvalue weighted by Gasteiger charge is -2.07. The molecule has 2 heteroatoms. The minimum atomic E-state index is 0.0703. The summed E-state index contributed by atoms with van der Waals surface area (Å²) in [6.07, 6.45) is 0.944. The van der Waals surface area contributed by atoms with Crippen molar-refractivity contribution in [2.45, 2.75) is 27.2 Å². The van der Waals surface area contributed by atoms with Gasteiger partial charge in [-0.3, -0.25) is 4.79 Å². The van der Waals surface area contributed by atoms with Crippen LogP contribution in [0.25, 0.3) is 0 Å². The second-order valence-corrected chi connectivity index (χ2v) is 4.53. The molecular formula is C12H15BrO. The average molecular weight is 255 g/mol. The number of Topliss-reactive ketones (excluding diaryl/α,β-unsaturated/α-hetero) is 1. The first-order valence-electron chi connectivity index (χ1n) is 4.89. The van der Waals surface area contributed by atoms with E-state index in [-0.39, 0.29) is 11.7 Å². The van der Waals surface area contributed by atoms with Crippen LogP contribution in [0.15, 0.2) is 22.7 Å². The van der Waals surface area contributed by atoms with Crippen molar-refractivity contribution in [1.82, 2.24) is 0 Å². The Bertz CT molecular complexity index is 342. The molecule has 0 aliphatic rings. The van der Waals surface area contributed by atoms with E-state index < -0.39 is 0 Å². The third-order valence-corrected chi connectivity index (χ3v) is 3.01. The summed E-state index contributed by atoms with van der Waals surface area (Å²) < 4.78 is 1.08. The van der Waals surface area contributed by atoms with Crippen LogP contribution in [0.1, 0.15) is 36.7 Å². The van der Waals surface area contributed by atoms with Gasteiger partial charge in [0.1, 0.15) is 0 Å². The molecule has 0 bridgehead atoms. The molecule has 0 unspecified atom stereocenters. The molecule has 0 radical (unpaired) electrons. The van der Waals surface area contributed by atoms with E-state index in [0.29, 0.717) is 0 Å². The molecule has 0 saturated carbocycles. The summed E-state index contributed by atoms with van der Waals surface area (Å²) >= 11 is 3.47. The Hall–Kier alpha value is -0.630. The number of carbonyl (C=O) groups is 1. The number of ketones is 1. The highest BCUT2D eigenvalue weighted by atomic mass is 79.9. The lowest BCUT2D eigenvalue weighted by molar-refractivity contribution is 0.0939. The van der Waals surface area contributed by atoms with Gasteiger partial charge in [0.05, 0.1) is 0 Å². The Morgan fingerprint density at radius 2 is 2.07 bits per heavy atom. The first-order chi connectivity index (χ1) is 6.56. The van der Waals surface area contributed by atoms with Crippen LogP contribution in [0, 0.1) is 5.92 Å². The lowest BCUT2D eigenvalue weighted by Crippen LogP contribution is -2.07. The Balaban J connectivity index is 3.06. The van der Waals surface area contributed by atoms with Crippen LogP contribution in [0.5, 0.6) is 0 Å². The first kappa shape index (κ1) is 11.4. The van der Waals surface area contributed by atoms with Crippen molar-refractivity contribution in [2.75, 3.05) is 0 Å². The molecule has 0 heterocycles. The van der Waals surface area contributed by atoms with Crippen LogP contribution >= 0.6 is 15.9 Å². The fraction of sp³-hybridized carbons (Fsp3) is 0.417. The molecule has 0 saturated heterocycles. The van der Waals surface area contributed by atoms with E-state index in [9.17, 15) is 4.79 Å². The molecule has 0 aliphatic carbocycles. The fourth-order valence-electron chi connectivity index (χ4n) is 1.33. The number of halogens is 1. The van der Waals surface area contributed by atoms with E-state index in [1.807, 2.05) is 32.0 Å². The molecule has 14 heavy (non-hydrogen) atoms. The van der Waals surface area contributed by atoms with Crippen LogP contribution in [0.3, 0.4) is 0 Å². The molecular weight excluding hydrogens is 240 g/mol. The molecule has 1 rings (SSSR count). The van der Waals surface area contributed by atoms with Crippen molar-refractivity contribution in [3.05, 3.63) is 33.8 Å². The van der Waals surface area contributed by atoms with Gasteiger partial charge in [0.2, 0.25) is 0 Å². The monoisotopic (exact) mass is 254 g/mol. The summed E-state index contributed by atoms with van der Waals surface area (Å²) in [6, 6.07) is 5.81. The summed E-state index contributed by atoms with van der Waals surface area (Å²) in [5.74, 6) is 0.285. The van der Waals surface area contributed by atoms with E-state index in [1.165, 1.54) is 5.56 Å². The molecule has 0 aliphatic heterocycles. The van der Waals surface area contributed by atoms with Gasteiger partial charge in [-0.15, -0.1) is 0 Å². The van der Waals surface area contributed by atoms with Crippen LogP contribution in [-0.4, -0.2) is 5.78 Å². The minimum absolute atomic E-state index is 0.0703. The van der Waals surface area contributed by atoms with Gasteiger partial charge >= 0.3 is 0 Å². The number of carbonyl (C=O) groups excluding carboxylic acids is 1. The smallest absolute Gasteiger partial charge is 0.165 e. The Kier molecular flexibility index (Phi) is 3.87. The second kappa shape index (κ2) is 4.74. The quantitative estimate of drug-likeness (QED) is 0.750. The summed E-state index contributed by atoms with van der Waals surface area (Å²) in [5.41, 5.74) is 2.01. The number of rotatable bonds is 3. The molecule has 1 aromatic carbocycles. The van der Waals surface area contributed by atoms with Crippen molar-refractivity contribution in [3.63, 3.8) is 0 Å². The Morgan fingerprint density at radius 3 is 2.57 bits per heavy atom. The predicted molar refractivity (Wildman–Crippen MR) is 62.7 cm³/mol. The van der Waals surface area contributed by atoms with Crippen molar-refractivity contribution in [3.8, 4) is 0 Å². The van der Waals surface area contributed by atoms with E-state index in [4.69, 9.17) is 0 Å². The van der Waals surface area contributed by atoms with Crippen LogP contribution in [0.2, 0.25) is 0 Å². The zero-order valence-electron chi connectivity index (χ0n) is 8.80. The highest BCUT2D eigenvalue weighted by molar-refractivity contribution is 9.10. The molecule has 0 N–H and O–H groups in total. The fourth-order valence-corrected chi connectivity index (χ4v) is 1.86. The van der Waals surface area contributed by atoms with Crippen LogP contribution in [0.4, 0.5) is 0 Å². The molecule has 0 spiro atoms. The zero-order chi connectivity index (χ0) is 10.7. The van der Waals surface area contributed by atoms with Crippen molar-refractivity contribution in [2.24, 2.45) is 5.92 Å². The summed E-state index contributed by atoms with van der Waals surface area (Å²) in [4.78, 5) is 11.7. The van der Waals surface area contributed by atoms with Crippen molar-refractivity contribution in [1.29, 1.82) is 0 Å². The molecule has 1 aromatic rings. The van der Waals surface area contributed by atoms with Gasteiger partial charge in [-0.05, 0) is 24.1 Å². The zero-order valence-corrected chi connectivity index (χ0v) is 10.4. The number of hydrogen-bond donors (Lipinski definition) is 0. The maximum Gasteiger partial charge on any atom is 0.165 e. The number of benzene rings is 1. The molecule has 76 valence electrons. The molecule has 0 amide bonds. The van der Waals surface area contributed by atoms with Gasteiger partial charge in [-0.25, -0.2) is 0 Å². The molecule has 1 nitrogen and oxygen atoms in total. The minimum Gasteiger partial charge on any atom is -0.294 e. The SMILES string of the molecule is CCc1cc(C(=O)C(C)C)ccc1Br.